The Morgan fingerprint density at radius 1 is 0.451 bits per heavy atom. The van der Waals surface area contributed by atoms with Gasteiger partial charge in [-0.15, -0.1) is 0 Å². The Labute approximate surface area is 507 Å². The molecule has 0 spiro atoms. The van der Waals surface area contributed by atoms with E-state index in [-0.39, 0.29) is 38.5 Å². The van der Waals surface area contributed by atoms with Crippen LogP contribution in [0, 0.1) is 0 Å². The molecule has 0 saturated heterocycles. The van der Waals surface area contributed by atoms with E-state index in [4.69, 9.17) is 17.9 Å². The fourth-order valence-electron chi connectivity index (χ4n) is 11.8. The Morgan fingerprint density at radius 2 is 1.02 bits per heavy atom. The van der Waals surface area contributed by atoms with E-state index in [9.17, 15) is 19.2 Å². The third-order valence-corrected chi connectivity index (χ3v) is 19.7. The minimum absolute atomic E-state index is 0.112. The molecule has 4 heterocycles. The summed E-state index contributed by atoms with van der Waals surface area (Å²) in [5.41, 5.74) is 7.37. The van der Waals surface area contributed by atoms with Gasteiger partial charge in [0.1, 0.15) is 28.7 Å². The van der Waals surface area contributed by atoms with Crippen molar-refractivity contribution in [2.24, 2.45) is 0 Å². The molecule has 0 saturated carbocycles. The minimum atomic E-state index is -5.74. The average Bonchev–Trinajstić information content (AvgIpc) is 0.816. The number of hydrogen-bond donors (Lipinski definition) is 0. The van der Waals surface area contributed by atoms with Gasteiger partial charge in [0, 0.05) is 45.8 Å². The molecule has 0 atom stereocenters. The van der Waals surface area contributed by atoms with Crippen LogP contribution in [0.15, 0.2) is 291 Å². The number of rotatable bonds is 9. The Hall–Kier alpha value is -10.1. The summed E-state index contributed by atoms with van der Waals surface area (Å²) in [6, 6.07) is 31.6. The minimum Gasteiger partial charge on any atom is -0.457 e. The van der Waals surface area contributed by atoms with E-state index in [0.29, 0.717) is 50.5 Å². The highest BCUT2D eigenvalue weighted by Gasteiger charge is 2.42. The summed E-state index contributed by atoms with van der Waals surface area (Å²) in [6.45, 7) is 6.47. The fourth-order valence-corrected chi connectivity index (χ4v) is 15.6. The molecule has 0 aliphatic carbocycles. The highest BCUT2D eigenvalue weighted by Crippen LogP contribution is 2.45. The number of aromatic nitrogens is 4. The molecule has 0 unspecified atom stereocenters. The lowest BCUT2D eigenvalue weighted by atomic mass is 9.88. The van der Waals surface area contributed by atoms with Gasteiger partial charge >= 0.3 is 0 Å². The number of hydrogen-bond acceptors (Lipinski definition) is 2. The zero-order chi connectivity index (χ0) is 72.3. The number of imidazole rings is 1. The van der Waals surface area contributed by atoms with Gasteiger partial charge in [0.15, 0.2) is 19.1 Å². The Morgan fingerprint density at radius 3 is 1.74 bits per heavy atom. The van der Waals surface area contributed by atoms with Gasteiger partial charge in [-0.25, -0.2) is 4.98 Å². The van der Waals surface area contributed by atoms with E-state index >= 15 is 0 Å². The molecule has 82 heavy (non-hydrogen) atoms. The second-order valence-corrected chi connectivity index (χ2v) is 24.6. The van der Waals surface area contributed by atoms with Crippen molar-refractivity contribution in [1.82, 2.24) is 14.1 Å². The summed E-state index contributed by atoms with van der Waals surface area (Å²) in [5, 5.41) is -0.194. The maximum atomic E-state index is 9.88. The van der Waals surface area contributed by atoms with Crippen LogP contribution in [0.2, 0.25) is 0 Å². The van der Waals surface area contributed by atoms with Crippen LogP contribution in [0.5, 0.6) is 11.5 Å². The number of fused-ring (bicyclic) bond motifs is 10. The predicted octanol–water partition coefficient (Wildman–Crippen LogP) is 15.8. The van der Waals surface area contributed by atoms with E-state index < -0.39 is 144 Å². The highest BCUT2D eigenvalue weighted by atomic mass is 28.3. The molecule has 0 radical (unpaired) electrons. The van der Waals surface area contributed by atoms with Gasteiger partial charge in [0.2, 0.25) is 0 Å². The third-order valence-electron chi connectivity index (χ3n) is 15.5. The molecular weight excluding hydrogens is 1010 g/mol. The van der Waals surface area contributed by atoms with Gasteiger partial charge in [-0.1, -0.05) is 233 Å². The van der Waals surface area contributed by atoms with Crippen molar-refractivity contribution in [2.45, 2.75) is 26.2 Å². The summed E-state index contributed by atoms with van der Waals surface area (Å²) in [4.78, 5) is 4.87. The van der Waals surface area contributed by atoms with Gasteiger partial charge in [0.05, 0.1) is 38.4 Å². The summed E-state index contributed by atoms with van der Waals surface area (Å²) in [5.74, 6) is 1.72. The number of pyridine rings is 1. The van der Waals surface area contributed by atoms with E-state index in [0.717, 1.165) is 33.2 Å². The predicted molar refractivity (Wildman–Crippen MR) is 341 cm³/mol. The maximum absolute atomic E-state index is 9.88. The molecule has 14 aromatic rings. The van der Waals surface area contributed by atoms with Gasteiger partial charge < -0.3 is 4.74 Å². The van der Waals surface area contributed by atoms with Crippen LogP contribution in [-0.2, 0) is 5.41 Å². The number of nitrogens with zero attached hydrogens (tertiary/aromatic N) is 4. The molecule has 0 amide bonds. The molecule has 1 aliphatic rings. The lowest BCUT2D eigenvalue weighted by Gasteiger charge is -2.35. The molecule has 0 fully saturated rings. The quantitative estimate of drug-likeness (QED) is 0.0820. The zero-order valence-corrected chi connectivity index (χ0v) is 45.4. The Bertz CT molecular complexity index is 5740. The van der Waals surface area contributed by atoms with Gasteiger partial charge in [0.25, 0.3) is 6.33 Å². The second-order valence-electron chi connectivity index (χ2n) is 21.1. The molecule has 3 aromatic heterocycles. The first kappa shape index (κ1) is 32.2. The summed E-state index contributed by atoms with van der Waals surface area (Å²) in [7, 11) is -5.74. The van der Waals surface area contributed by atoms with Crippen molar-refractivity contribution in [3.8, 4) is 73.2 Å². The topological polar surface area (TPSA) is 35.9 Å². The Kier molecular flexibility index (Phi) is 7.69. The monoisotopic (exact) mass is 1090 g/mol. The molecule has 5 nitrogen and oxygen atoms in total. The van der Waals surface area contributed by atoms with E-state index in [1.54, 1.807) is 30.6 Å². The lowest BCUT2D eigenvalue weighted by Crippen LogP contribution is -2.74. The largest absolute Gasteiger partial charge is 0.457 e. The van der Waals surface area contributed by atoms with Gasteiger partial charge in [-0.2, -0.15) is 9.13 Å². The molecule has 1 aliphatic heterocycles. The Balaban J connectivity index is 1.04. The normalized spacial score (nSPS) is 15.5. The first-order valence-corrected chi connectivity index (χ1v) is 28.6. The summed E-state index contributed by atoms with van der Waals surface area (Å²) >= 11 is 0. The van der Waals surface area contributed by atoms with Crippen LogP contribution >= 0.6 is 0 Å². The van der Waals surface area contributed by atoms with E-state index in [1.165, 1.54) is 12.1 Å². The van der Waals surface area contributed by atoms with Crippen molar-refractivity contribution in [2.75, 3.05) is 0 Å². The fraction of sp³-hybridized carbons (Fsp3) is 0.0526. The van der Waals surface area contributed by atoms with Crippen LogP contribution in [-0.4, -0.2) is 22.2 Å². The van der Waals surface area contributed by atoms with Crippen LogP contribution in [0.3, 0.4) is 0 Å². The second kappa shape index (κ2) is 19.6. The first-order chi connectivity index (χ1) is 48.6. The molecule has 0 N–H and O–H groups in total. The van der Waals surface area contributed by atoms with Gasteiger partial charge in [-0.3, -0.25) is 4.57 Å². The van der Waals surface area contributed by atoms with Crippen molar-refractivity contribution in [1.29, 1.82) is 0 Å². The molecule has 15 rings (SSSR count). The van der Waals surface area contributed by atoms with Crippen LogP contribution in [0.4, 0.5) is 0 Å². The summed E-state index contributed by atoms with van der Waals surface area (Å²) < 4.78 is 200. The maximum Gasteiger partial charge on any atom is 0.255 e. The number of benzene rings is 11. The molecule has 390 valence electrons. The lowest BCUT2D eigenvalue weighted by molar-refractivity contribution is -0.566. The van der Waals surface area contributed by atoms with Crippen molar-refractivity contribution in [3.63, 3.8) is 0 Å². The zero-order valence-electron chi connectivity index (χ0n) is 64.4. The molecule has 0 bridgehead atoms. The smallest absolute Gasteiger partial charge is 0.255 e. The molecule has 6 heteroatoms. The van der Waals surface area contributed by atoms with Crippen LogP contribution < -0.4 is 30.1 Å². The summed E-state index contributed by atoms with van der Waals surface area (Å²) in [6.07, 6.45) is 3.63. The first-order valence-electron chi connectivity index (χ1n) is 36.6. The standard InChI is InChI=1S/C76H57N4OSi/c1-76(2,3)53-45-46-77-73(47-53)80-70-39-19-18-35-65(70)66-43-41-56(49-72(66)80)81-55-26-20-25-54(48-55)78-51-79-74-61(52-23-8-4-9-24-52)36-21-37-68(74)69-50-60(42-44-64(69)62-33-16-17-34-63(62)67-38-22-40-71(78)75(67)79)82(57-27-10-5-11-28-57,58-29-12-6-13-30-58)59-31-14-7-15-32-59/h4-51H,1-3H3/q+1/i4D,5D,6D,7D,8D,9D,10D,11D,12D,13D,14D,15D,23D,24D,27D,28D,29D,30D,31D,32D. The van der Waals surface area contributed by atoms with Crippen LogP contribution in [0.25, 0.3) is 94.5 Å². The number of ether oxygens (including phenoxy) is 1. The van der Waals surface area contributed by atoms with E-state index in [1.807, 2.05) is 118 Å². The van der Waals surface area contributed by atoms with Crippen molar-refractivity contribution >= 4 is 61.7 Å². The SMILES string of the molecule is [2H]c1c([2H])c([2H])c(-c2cccc3c2-[n+]2cn(-c4cccc(Oc5ccc6c7ccccc7n(-c7cc(C(C)(C)C)ccn7)c6c5)c4)c4cccc(c42)-c2ccccc2-c2ccc([Si](c4c([2H])c([2H])c([2H])c([2H])c4[2H])(c4c([2H])c([2H])c([2H])c([2H])c4[2H])c4c([2H])c([2H])c([2H])c([2H])c4[2H])cc2-3)c([2H])c1[2H]. The molecule has 11 aromatic carbocycles. The van der Waals surface area contributed by atoms with Crippen molar-refractivity contribution < 1.29 is 36.7 Å². The van der Waals surface area contributed by atoms with E-state index in [2.05, 4.69) is 43.5 Å². The average molecular weight is 1090 g/mol. The highest BCUT2D eigenvalue weighted by molar-refractivity contribution is 7.20. The molecular formula is C76H57N4OSi+. The van der Waals surface area contributed by atoms with Gasteiger partial charge in [-0.05, 0) is 114 Å². The number of para-hydroxylation sites is 3. The van der Waals surface area contributed by atoms with Crippen LogP contribution in [0.1, 0.15) is 53.7 Å². The third kappa shape index (κ3) is 7.97. The van der Waals surface area contributed by atoms with Crippen molar-refractivity contribution in [3.05, 3.63) is 297 Å².